The Kier molecular flexibility index (Phi) is 3.96. The molecule has 7 nitrogen and oxygen atoms in total. The summed E-state index contributed by atoms with van der Waals surface area (Å²) in [4.78, 5) is 11.3. The molecule has 0 saturated carbocycles. The Morgan fingerprint density at radius 2 is 2.00 bits per heavy atom. The molecule has 3 saturated heterocycles. The third-order valence-corrected chi connectivity index (χ3v) is 4.28. The van der Waals surface area contributed by atoms with Gasteiger partial charge in [-0.3, -0.25) is 4.79 Å². The molecule has 3 aliphatic rings. The summed E-state index contributed by atoms with van der Waals surface area (Å²) >= 11 is 0. The van der Waals surface area contributed by atoms with E-state index in [9.17, 15) is 15.0 Å². The molecule has 20 heavy (non-hydrogen) atoms. The van der Waals surface area contributed by atoms with Crippen molar-refractivity contribution < 1.29 is 34.0 Å². The van der Waals surface area contributed by atoms with Crippen LogP contribution in [0, 0.1) is 0 Å². The predicted octanol–water partition coefficient (Wildman–Crippen LogP) is -1.01. The highest BCUT2D eigenvalue weighted by Crippen LogP contribution is 2.37. The normalized spacial score (nSPS) is 47.5. The summed E-state index contributed by atoms with van der Waals surface area (Å²) in [5.41, 5.74) is 0. The zero-order valence-electron chi connectivity index (χ0n) is 11.3. The van der Waals surface area contributed by atoms with Crippen LogP contribution >= 0.6 is 0 Å². The lowest BCUT2D eigenvalue weighted by Crippen LogP contribution is -2.61. The molecule has 3 rings (SSSR count). The number of fused-ring (bicyclic) bond motifs is 2. The number of carbonyl (C=O) groups excluding carboxylic acids is 1. The molecular formula is C13H20O7. The molecule has 0 amide bonds. The van der Waals surface area contributed by atoms with Crippen molar-refractivity contribution >= 4 is 5.97 Å². The molecular weight excluding hydrogens is 268 g/mol. The Labute approximate surface area is 116 Å². The maximum Gasteiger partial charge on any atom is 0.308 e. The minimum absolute atomic E-state index is 0.164. The Hall–Kier alpha value is -0.730. The van der Waals surface area contributed by atoms with Crippen LogP contribution in [-0.4, -0.2) is 72.6 Å². The van der Waals surface area contributed by atoms with E-state index in [0.717, 1.165) is 0 Å². The average molecular weight is 288 g/mol. The average Bonchev–Trinajstić information content (AvgIpc) is 2.81. The fourth-order valence-electron chi connectivity index (χ4n) is 3.23. The van der Waals surface area contributed by atoms with E-state index in [2.05, 4.69) is 4.74 Å². The van der Waals surface area contributed by atoms with Crippen LogP contribution in [0.2, 0.25) is 0 Å². The molecule has 0 aliphatic carbocycles. The first-order valence-corrected chi connectivity index (χ1v) is 6.95. The van der Waals surface area contributed by atoms with Gasteiger partial charge in [0.1, 0.15) is 30.5 Å². The van der Waals surface area contributed by atoms with Crippen LogP contribution in [-0.2, 0) is 23.7 Å². The van der Waals surface area contributed by atoms with Crippen molar-refractivity contribution in [3.05, 3.63) is 0 Å². The van der Waals surface area contributed by atoms with E-state index in [1.54, 1.807) is 0 Å². The van der Waals surface area contributed by atoms with Gasteiger partial charge < -0.3 is 29.2 Å². The van der Waals surface area contributed by atoms with Crippen LogP contribution in [0.4, 0.5) is 0 Å². The Balaban J connectivity index is 1.66. The van der Waals surface area contributed by atoms with Gasteiger partial charge >= 0.3 is 5.97 Å². The Bertz CT molecular complexity index is 374. The smallest absolute Gasteiger partial charge is 0.308 e. The SMILES string of the molecule is COC(=O)CC1CCC2OC3C(O)COC3C(O)C2O1. The lowest BCUT2D eigenvalue weighted by molar-refractivity contribution is -0.258. The van der Waals surface area contributed by atoms with Crippen molar-refractivity contribution in [2.24, 2.45) is 0 Å². The maximum absolute atomic E-state index is 11.3. The quantitative estimate of drug-likeness (QED) is 0.628. The lowest BCUT2D eigenvalue weighted by atomic mass is 9.88. The zero-order chi connectivity index (χ0) is 14.3. The van der Waals surface area contributed by atoms with Gasteiger partial charge in [-0.15, -0.1) is 0 Å². The molecule has 0 aromatic rings. The van der Waals surface area contributed by atoms with Crippen molar-refractivity contribution in [1.82, 2.24) is 0 Å². The van der Waals surface area contributed by atoms with Crippen LogP contribution < -0.4 is 0 Å². The second-order valence-corrected chi connectivity index (χ2v) is 5.58. The van der Waals surface area contributed by atoms with E-state index in [1.807, 2.05) is 0 Å². The van der Waals surface area contributed by atoms with Crippen LogP contribution in [0.3, 0.4) is 0 Å². The summed E-state index contributed by atoms with van der Waals surface area (Å²) in [5, 5.41) is 20.1. The van der Waals surface area contributed by atoms with Crippen LogP contribution in [0.1, 0.15) is 19.3 Å². The van der Waals surface area contributed by atoms with Gasteiger partial charge in [-0.25, -0.2) is 0 Å². The number of esters is 1. The molecule has 3 fully saturated rings. The van der Waals surface area contributed by atoms with Crippen molar-refractivity contribution in [3.8, 4) is 0 Å². The van der Waals surface area contributed by atoms with Gasteiger partial charge in [0.05, 0.1) is 32.3 Å². The minimum atomic E-state index is -0.851. The number of aliphatic hydroxyl groups excluding tert-OH is 2. The summed E-state index contributed by atoms with van der Waals surface area (Å²) in [7, 11) is 1.34. The van der Waals surface area contributed by atoms with Crippen molar-refractivity contribution in [1.29, 1.82) is 0 Å². The fraction of sp³-hybridized carbons (Fsp3) is 0.923. The minimum Gasteiger partial charge on any atom is -0.469 e. The molecule has 2 N–H and O–H groups in total. The molecule has 3 heterocycles. The molecule has 0 spiro atoms. The molecule has 114 valence electrons. The molecule has 0 aromatic carbocycles. The lowest BCUT2D eigenvalue weighted by Gasteiger charge is -2.46. The van der Waals surface area contributed by atoms with Crippen LogP contribution in [0.5, 0.6) is 0 Å². The van der Waals surface area contributed by atoms with E-state index >= 15 is 0 Å². The third kappa shape index (κ3) is 2.44. The number of hydrogen-bond acceptors (Lipinski definition) is 7. The topological polar surface area (TPSA) is 94.5 Å². The number of hydrogen-bond donors (Lipinski definition) is 2. The maximum atomic E-state index is 11.3. The van der Waals surface area contributed by atoms with Gasteiger partial charge in [0.25, 0.3) is 0 Å². The molecule has 7 unspecified atom stereocenters. The number of carbonyl (C=O) groups is 1. The van der Waals surface area contributed by atoms with Crippen LogP contribution in [0.25, 0.3) is 0 Å². The van der Waals surface area contributed by atoms with E-state index in [-0.39, 0.29) is 31.2 Å². The van der Waals surface area contributed by atoms with Gasteiger partial charge in [0.2, 0.25) is 0 Å². The standard InChI is InChI=1S/C13H20O7/c1-17-9(15)4-6-2-3-8-12(19-6)10(16)13-11(20-8)7(14)5-18-13/h6-8,10-14,16H,2-5H2,1H3. The first-order chi connectivity index (χ1) is 9.60. The highest BCUT2D eigenvalue weighted by Gasteiger charge is 2.53. The summed E-state index contributed by atoms with van der Waals surface area (Å²) in [6.07, 6.45) is -2.16. The number of aliphatic hydroxyl groups is 2. The number of rotatable bonds is 2. The fourth-order valence-corrected chi connectivity index (χ4v) is 3.23. The van der Waals surface area contributed by atoms with Crippen molar-refractivity contribution in [2.75, 3.05) is 13.7 Å². The summed E-state index contributed by atoms with van der Waals surface area (Å²) in [6, 6.07) is 0. The highest BCUT2D eigenvalue weighted by atomic mass is 16.6. The Morgan fingerprint density at radius 1 is 1.20 bits per heavy atom. The molecule has 0 radical (unpaired) electrons. The second-order valence-electron chi connectivity index (χ2n) is 5.58. The van der Waals surface area contributed by atoms with E-state index in [0.29, 0.717) is 12.8 Å². The number of ether oxygens (including phenoxy) is 4. The molecule has 3 aliphatic heterocycles. The highest BCUT2D eigenvalue weighted by molar-refractivity contribution is 5.69. The van der Waals surface area contributed by atoms with E-state index in [1.165, 1.54) is 7.11 Å². The largest absolute Gasteiger partial charge is 0.469 e. The number of methoxy groups -OCH3 is 1. The second kappa shape index (κ2) is 5.57. The van der Waals surface area contributed by atoms with Crippen molar-refractivity contribution in [2.45, 2.75) is 62.0 Å². The summed E-state index contributed by atoms with van der Waals surface area (Å²) < 4.78 is 21.6. The first kappa shape index (κ1) is 14.2. The van der Waals surface area contributed by atoms with E-state index in [4.69, 9.17) is 14.2 Å². The van der Waals surface area contributed by atoms with Gasteiger partial charge in [-0.2, -0.15) is 0 Å². The monoisotopic (exact) mass is 288 g/mol. The Morgan fingerprint density at radius 3 is 2.75 bits per heavy atom. The van der Waals surface area contributed by atoms with Gasteiger partial charge in [0.15, 0.2) is 0 Å². The molecule has 7 atom stereocenters. The third-order valence-electron chi connectivity index (χ3n) is 4.28. The van der Waals surface area contributed by atoms with Crippen LogP contribution in [0.15, 0.2) is 0 Å². The van der Waals surface area contributed by atoms with Gasteiger partial charge in [-0.1, -0.05) is 0 Å². The van der Waals surface area contributed by atoms with Gasteiger partial charge in [0, 0.05) is 0 Å². The van der Waals surface area contributed by atoms with Crippen molar-refractivity contribution in [3.63, 3.8) is 0 Å². The predicted molar refractivity (Wildman–Crippen MR) is 64.9 cm³/mol. The molecule has 0 aromatic heterocycles. The first-order valence-electron chi connectivity index (χ1n) is 6.95. The van der Waals surface area contributed by atoms with Gasteiger partial charge in [-0.05, 0) is 12.8 Å². The molecule has 0 bridgehead atoms. The summed E-state index contributed by atoms with van der Waals surface area (Å²) in [6.45, 7) is 0.164. The zero-order valence-corrected chi connectivity index (χ0v) is 11.3. The summed E-state index contributed by atoms with van der Waals surface area (Å²) in [5.74, 6) is -0.329. The van der Waals surface area contributed by atoms with E-state index < -0.39 is 30.5 Å². The molecule has 7 heteroatoms.